The van der Waals surface area contributed by atoms with Crippen molar-refractivity contribution in [3.63, 3.8) is 0 Å². The molecule has 2 saturated heterocycles. The Morgan fingerprint density at radius 3 is 2.43 bits per heavy atom. The number of hydrogen-bond acceptors (Lipinski definition) is 5. The summed E-state index contributed by atoms with van der Waals surface area (Å²) in [5, 5.41) is 17.4. The molecule has 2 heterocycles. The van der Waals surface area contributed by atoms with Crippen molar-refractivity contribution in [2.45, 2.75) is 31.7 Å². The van der Waals surface area contributed by atoms with Crippen LogP contribution >= 0.6 is 0 Å². The Kier molecular flexibility index (Phi) is 8.21. The van der Waals surface area contributed by atoms with Gasteiger partial charge < -0.3 is 15.1 Å². The highest BCUT2D eigenvalue weighted by atomic mass is 19.1. The van der Waals surface area contributed by atoms with Gasteiger partial charge in [-0.2, -0.15) is 10.3 Å². The molecule has 9 nitrogen and oxygen atoms in total. The summed E-state index contributed by atoms with van der Waals surface area (Å²) in [7, 11) is 0. The van der Waals surface area contributed by atoms with Crippen LogP contribution in [0.1, 0.15) is 16.7 Å². The van der Waals surface area contributed by atoms with E-state index in [4.69, 9.17) is 0 Å². The molecule has 4 aromatic rings. The van der Waals surface area contributed by atoms with E-state index in [1.807, 2.05) is 78.9 Å². The number of hydrazine groups is 1. The van der Waals surface area contributed by atoms with Crippen LogP contribution in [0.4, 0.5) is 9.18 Å². The third-order valence-electron chi connectivity index (χ3n) is 8.20. The van der Waals surface area contributed by atoms with Crippen LogP contribution in [0, 0.1) is 17.1 Å². The molecule has 0 unspecified atom stereocenters. The molecule has 0 aliphatic carbocycles. The smallest absolute Gasteiger partial charge is 0.333 e. The largest absolute Gasteiger partial charge is 0.333 e. The zero-order valence-corrected chi connectivity index (χ0v) is 24.0. The van der Waals surface area contributed by atoms with Crippen molar-refractivity contribution in [2.24, 2.45) is 0 Å². The van der Waals surface area contributed by atoms with E-state index in [0.29, 0.717) is 18.5 Å². The average Bonchev–Trinajstić information content (AvgIpc) is 3.37. The summed E-state index contributed by atoms with van der Waals surface area (Å²) < 4.78 is 13.4. The standard InChI is InChI=1S/C34H31FN6O3/c35-28-15-13-25(14-16-28)20-37-34(44)39(18-17-36)40-23-32(42)41-30(19-24-7-2-1-3-8-24)33(43)38(22-31(40)41)21-27-11-6-10-26-9-4-5-12-29(26)27/h1-16,30-31H,18-23H2,(H,37,44)/t30-,31+/m0/s1. The van der Waals surface area contributed by atoms with Crippen molar-refractivity contribution in [1.82, 2.24) is 25.1 Å². The lowest BCUT2D eigenvalue weighted by Crippen LogP contribution is -2.66. The van der Waals surface area contributed by atoms with Gasteiger partial charge in [0.2, 0.25) is 11.8 Å². The third-order valence-corrected chi connectivity index (χ3v) is 8.20. The quantitative estimate of drug-likeness (QED) is 0.312. The number of hydrogen-bond donors (Lipinski definition) is 1. The van der Waals surface area contributed by atoms with Crippen LogP contribution in [0.5, 0.6) is 0 Å². The fourth-order valence-electron chi connectivity index (χ4n) is 6.08. The van der Waals surface area contributed by atoms with Crippen molar-refractivity contribution in [3.05, 3.63) is 120 Å². The van der Waals surface area contributed by atoms with Crippen molar-refractivity contribution < 1.29 is 18.8 Å². The molecule has 0 bridgehead atoms. The van der Waals surface area contributed by atoms with Gasteiger partial charge >= 0.3 is 6.03 Å². The molecule has 2 aliphatic rings. The zero-order chi connectivity index (χ0) is 30.6. The lowest BCUT2D eigenvalue weighted by molar-refractivity contribution is -0.157. The molecule has 10 heteroatoms. The summed E-state index contributed by atoms with van der Waals surface area (Å²) in [6.45, 7) is 0.142. The second-order valence-corrected chi connectivity index (χ2v) is 10.9. The predicted molar refractivity (Wildman–Crippen MR) is 162 cm³/mol. The van der Waals surface area contributed by atoms with Gasteiger partial charge in [-0.1, -0.05) is 84.9 Å². The summed E-state index contributed by atoms with van der Waals surface area (Å²) in [4.78, 5) is 44.5. The topological polar surface area (TPSA) is 100.0 Å². The van der Waals surface area contributed by atoms with E-state index in [0.717, 1.165) is 21.9 Å². The van der Waals surface area contributed by atoms with E-state index in [2.05, 4.69) is 5.32 Å². The molecular weight excluding hydrogens is 559 g/mol. The second-order valence-electron chi connectivity index (χ2n) is 10.9. The number of nitrogens with zero attached hydrogens (tertiary/aromatic N) is 5. The van der Waals surface area contributed by atoms with Crippen molar-refractivity contribution in [1.29, 1.82) is 5.26 Å². The Hall–Kier alpha value is -5.27. The molecule has 0 aromatic heterocycles. The number of rotatable bonds is 8. The Labute approximate surface area is 254 Å². The first-order valence-electron chi connectivity index (χ1n) is 14.5. The maximum Gasteiger partial charge on any atom is 0.333 e. The highest BCUT2D eigenvalue weighted by molar-refractivity contribution is 5.92. The number of fused-ring (bicyclic) bond motifs is 2. The van der Waals surface area contributed by atoms with E-state index in [9.17, 15) is 24.0 Å². The van der Waals surface area contributed by atoms with Gasteiger partial charge in [-0.05, 0) is 39.6 Å². The van der Waals surface area contributed by atoms with E-state index in [1.54, 1.807) is 26.9 Å². The number of amides is 4. The number of nitrogens with one attached hydrogen (secondary N) is 1. The average molecular weight is 591 g/mol. The van der Waals surface area contributed by atoms with Crippen LogP contribution in [0.25, 0.3) is 10.8 Å². The fraction of sp³-hybridized carbons (Fsp3) is 0.235. The molecule has 2 atom stereocenters. The number of benzene rings is 4. The minimum Gasteiger partial charge on any atom is -0.333 e. The maximum atomic E-state index is 14.1. The van der Waals surface area contributed by atoms with E-state index in [-0.39, 0.29) is 43.8 Å². The summed E-state index contributed by atoms with van der Waals surface area (Å²) >= 11 is 0. The number of piperazine rings is 1. The van der Waals surface area contributed by atoms with Gasteiger partial charge in [0, 0.05) is 19.5 Å². The van der Waals surface area contributed by atoms with Crippen LogP contribution in [0.3, 0.4) is 0 Å². The normalized spacial score (nSPS) is 18.3. The van der Waals surface area contributed by atoms with Gasteiger partial charge in [0.1, 0.15) is 24.6 Å². The van der Waals surface area contributed by atoms with E-state index < -0.39 is 18.2 Å². The first kappa shape index (κ1) is 28.8. The monoisotopic (exact) mass is 590 g/mol. The van der Waals surface area contributed by atoms with Gasteiger partial charge in [-0.15, -0.1) is 0 Å². The summed E-state index contributed by atoms with van der Waals surface area (Å²) in [5.74, 6) is -0.837. The minimum absolute atomic E-state index is 0.111. The Bertz CT molecular complexity index is 1720. The van der Waals surface area contributed by atoms with Gasteiger partial charge in [0.25, 0.3) is 0 Å². The van der Waals surface area contributed by atoms with Crippen LogP contribution in [-0.4, -0.2) is 69.5 Å². The van der Waals surface area contributed by atoms with Crippen molar-refractivity contribution in [2.75, 3.05) is 19.6 Å². The molecule has 0 saturated carbocycles. The lowest BCUT2D eigenvalue weighted by Gasteiger charge is -2.46. The first-order valence-corrected chi connectivity index (χ1v) is 14.5. The molecule has 222 valence electrons. The highest BCUT2D eigenvalue weighted by Gasteiger charge is 2.52. The van der Waals surface area contributed by atoms with Crippen LogP contribution in [0.15, 0.2) is 97.1 Å². The van der Waals surface area contributed by atoms with Crippen molar-refractivity contribution in [3.8, 4) is 6.07 Å². The minimum atomic E-state index is -0.783. The molecular formula is C34H31FN6O3. The van der Waals surface area contributed by atoms with E-state index in [1.165, 1.54) is 17.1 Å². The molecule has 2 fully saturated rings. The molecule has 2 aliphatic heterocycles. The number of nitriles is 1. The zero-order valence-electron chi connectivity index (χ0n) is 24.0. The van der Waals surface area contributed by atoms with Gasteiger partial charge in [0.05, 0.1) is 19.2 Å². The molecule has 4 amide bonds. The van der Waals surface area contributed by atoms with Crippen LogP contribution in [-0.2, 0) is 29.1 Å². The van der Waals surface area contributed by atoms with Gasteiger partial charge in [0.15, 0.2) is 0 Å². The Balaban J connectivity index is 1.31. The van der Waals surface area contributed by atoms with Gasteiger partial charge in [-0.25, -0.2) is 14.2 Å². The summed E-state index contributed by atoms with van der Waals surface area (Å²) in [5.41, 5.74) is 2.57. The predicted octanol–water partition coefficient (Wildman–Crippen LogP) is 4.05. The highest BCUT2D eigenvalue weighted by Crippen LogP contribution is 2.31. The van der Waals surface area contributed by atoms with Crippen molar-refractivity contribution >= 4 is 28.6 Å². The second kappa shape index (κ2) is 12.5. The van der Waals surface area contributed by atoms with Crippen LogP contribution in [0.2, 0.25) is 0 Å². The summed E-state index contributed by atoms with van der Waals surface area (Å²) in [6.07, 6.45) is -0.342. The van der Waals surface area contributed by atoms with Gasteiger partial charge in [-0.3, -0.25) is 9.59 Å². The maximum absolute atomic E-state index is 14.1. The fourth-order valence-corrected chi connectivity index (χ4v) is 6.08. The summed E-state index contributed by atoms with van der Waals surface area (Å²) in [6, 6.07) is 29.9. The Morgan fingerprint density at radius 2 is 1.66 bits per heavy atom. The van der Waals surface area contributed by atoms with E-state index >= 15 is 0 Å². The Morgan fingerprint density at radius 1 is 0.932 bits per heavy atom. The molecule has 1 N–H and O–H groups in total. The first-order chi connectivity index (χ1) is 21.4. The SMILES string of the molecule is N#CCN(C(=O)NCc1ccc(F)cc1)N1CC(=O)N2[C@@H](Cc3ccccc3)C(=O)N(Cc3cccc4ccccc34)C[C@@H]21. The lowest BCUT2D eigenvalue weighted by atomic mass is 9.99. The number of halogens is 1. The third kappa shape index (κ3) is 5.82. The van der Waals surface area contributed by atoms with Crippen LogP contribution < -0.4 is 5.32 Å². The number of urea groups is 1. The number of carbonyl (C=O) groups is 3. The number of carbonyl (C=O) groups excluding carboxylic acids is 3. The molecule has 6 rings (SSSR count). The molecule has 44 heavy (non-hydrogen) atoms. The molecule has 0 radical (unpaired) electrons. The molecule has 4 aromatic carbocycles. The molecule has 0 spiro atoms.